The van der Waals surface area contributed by atoms with E-state index in [1.807, 2.05) is 13.8 Å². The highest BCUT2D eigenvalue weighted by molar-refractivity contribution is 6.30. The highest BCUT2D eigenvalue weighted by atomic mass is 35.5. The lowest BCUT2D eigenvalue weighted by Crippen LogP contribution is -2.29. The summed E-state index contributed by atoms with van der Waals surface area (Å²) in [6, 6.07) is -0.524. The van der Waals surface area contributed by atoms with E-state index in [4.69, 9.17) is 11.6 Å². The standard InChI is InChI=1S/C15H21ClN6O2/c1-4-6-17-15(24)13-11(8-18-21(13)3)20-14(23)12(5-2)22-9-10(16)7-19-22/h7-9,12H,4-6H2,1-3H3,(H,17,24)(H,20,23). The summed E-state index contributed by atoms with van der Waals surface area (Å²) < 4.78 is 2.94. The third kappa shape index (κ3) is 3.94. The molecule has 0 fully saturated rings. The van der Waals surface area contributed by atoms with Gasteiger partial charge in [-0.25, -0.2) is 0 Å². The van der Waals surface area contributed by atoms with Crippen molar-refractivity contribution in [1.82, 2.24) is 24.9 Å². The van der Waals surface area contributed by atoms with Crippen LogP contribution in [-0.4, -0.2) is 37.9 Å². The number of hydrogen-bond acceptors (Lipinski definition) is 4. The monoisotopic (exact) mass is 352 g/mol. The summed E-state index contributed by atoms with van der Waals surface area (Å²) in [5, 5.41) is 14.1. The number of rotatable bonds is 7. The van der Waals surface area contributed by atoms with Crippen molar-refractivity contribution in [2.75, 3.05) is 11.9 Å². The van der Waals surface area contributed by atoms with Crippen LogP contribution in [0.2, 0.25) is 5.02 Å². The predicted octanol–water partition coefficient (Wildman–Crippen LogP) is 2.00. The van der Waals surface area contributed by atoms with Crippen LogP contribution in [0, 0.1) is 0 Å². The first kappa shape index (κ1) is 18.0. The van der Waals surface area contributed by atoms with E-state index in [0.29, 0.717) is 29.4 Å². The molecule has 1 unspecified atom stereocenters. The number of carbonyl (C=O) groups is 2. The molecule has 2 rings (SSSR count). The minimum atomic E-state index is -0.524. The highest BCUT2D eigenvalue weighted by Crippen LogP contribution is 2.19. The van der Waals surface area contributed by atoms with Gasteiger partial charge in [-0.3, -0.25) is 19.0 Å². The van der Waals surface area contributed by atoms with Crippen LogP contribution in [0.5, 0.6) is 0 Å². The first-order valence-corrected chi connectivity index (χ1v) is 8.16. The summed E-state index contributed by atoms with van der Waals surface area (Å²) in [6.07, 6.45) is 5.88. The molecule has 0 saturated heterocycles. The number of aromatic nitrogens is 4. The molecule has 1 atom stereocenters. The van der Waals surface area contributed by atoms with Crippen LogP contribution in [-0.2, 0) is 11.8 Å². The summed E-state index contributed by atoms with van der Waals surface area (Å²) >= 11 is 5.86. The van der Waals surface area contributed by atoms with E-state index < -0.39 is 6.04 Å². The number of halogens is 1. The maximum Gasteiger partial charge on any atom is 0.271 e. The van der Waals surface area contributed by atoms with Gasteiger partial charge in [0.25, 0.3) is 5.91 Å². The molecule has 130 valence electrons. The van der Waals surface area contributed by atoms with Crippen molar-refractivity contribution in [3.8, 4) is 0 Å². The predicted molar refractivity (Wildman–Crippen MR) is 91.0 cm³/mol. The minimum Gasteiger partial charge on any atom is -0.351 e. The number of anilines is 1. The summed E-state index contributed by atoms with van der Waals surface area (Å²) in [6.45, 7) is 4.39. The fourth-order valence-corrected chi connectivity index (χ4v) is 2.46. The van der Waals surface area contributed by atoms with Crippen molar-refractivity contribution in [3.63, 3.8) is 0 Å². The Morgan fingerprint density at radius 3 is 2.62 bits per heavy atom. The molecule has 0 bridgehead atoms. The van der Waals surface area contributed by atoms with Crippen molar-refractivity contribution >= 4 is 29.1 Å². The first-order chi connectivity index (χ1) is 11.5. The third-order valence-corrected chi connectivity index (χ3v) is 3.72. The van der Waals surface area contributed by atoms with Crippen LogP contribution >= 0.6 is 11.6 Å². The van der Waals surface area contributed by atoms with E-state index in [9.17, 15) is 9.59 Å². The van der Waals surface area contributed by atoms with Gasteiger partial charge in [-0.15, -0.1) is 0 Å². The largest absolute Gasteiger partial charge is 0.351 e. The molecule has 2 amide bonds. The fourth-order valence-electron chi connectivity index (χ4n) is 2.31. The van der Waals surface area contributed by atoms with Crippen molar-refractivity contribution in [2.24, 2.45) is 7.05 Å². The van der Waals surface area contributed by atoms with E-state index in [0.717, 1.165) is 6.42 Å². The molecule has 24 heavy (non-hydrogen) atoms. The Labute approximate surface area is 145 Å². The van der Waals surface area contributed by atoms with E-state index in [1.165, 1.54) is 21.8 Å². The average Bonchev–Trinajstić information content (AvgIpc) is 3.12. The van der Waals surface area contributed by atoms with Crippen LogP contribution in [0.15, 0.2) is 18.6 Å². The van der Waals surface area contributed by atoms with Gasteiger partial charge in [0.1, 0.15) is 11.7 Å². The van der Waals surface area contributed by atoms with Gasteiger partial charge in [-0.1, -0.05) is 25.4 Å². The molecule has 0 spiro atoms. The van der Waals surface area contributed by atoms with Gasteiger partial charge >= 0.3 is 0 Å². The Kier molecular flexibility index (Phi) is 5.97. The second-order valence-corrected chi connectivity index (χ2v) is 5.77. The highest BCUT2D eigenvalue weighted by Gasteiger charge is 2.23. The minimum absolute atomic E-state index is 0.276. The lowest BCUT2D eigenvalue weighted by atomic mass is 10.2. The lowest BCUT2D eigenvalue weighted by molar-refractivity contribution is -0.119. The Morgan fingerprint density at radius 2 is 2.04 bits per heavy atom. The van der Waals surface area contributed by atoms with Crippen molar-refractivity contribution < 1.29 is 9.59 Å². The SMILES string of the molecule is CCCNC(=O)c1c(NC(=O)C(CC)n2cc(Cl)cn2)cnn1C. The Balaban J connectivity index is 2.18. The molecule has 0 aliphatic carbocycles. The number of aryl methyl sites for hydroxylation is 1. The van der Waals surface area contributed by atoms with Crippen LogP contribution in [0.1, 0.15) is 43.2 Å². The van der Waals surface area contributed by atoms with Gasteiger partial charge in [0, 0.05) is 19.8 Å². The summed E-state index contributed by atoms with van der Waals surface area (Å²) in [5.41, 5.74) is 0.679. The molecule has 0 aliphatic heterocycles. The van der Waals surface area contributed by atoms with Crippen molar-refractivity contribution in [3.05, 3.63) is 29.3 Å². The van der Waals surface area contributed by atoms with Crippen LogP contribution in [0.3, 0.4) is 0 Å². The van der Waals surface area contributed by atoms with Gasteiger partial charge in [-0.05, 0) is 12.8 Å². The topological polar surface area (TPSA) is 93.8 Å². The van der Waals surface area contributed by atoms with Crippen LogP contribution in [0.4, 0.5) is 5.69 Å². The number of amides is 2. The molecule has 0 radical (unpaired) electrons. The molecular formula is C15H21ClN6O2. The van der Waals surface area contributed by atoms with E-state index >= 15 is 0 Å². The van der Waals surface area contributed by atoms with Crippen molar-refractivity contribution in [2.45, 2.75) is 32.7 Å². The molecule has 8 nitrogen and oxygen atoms in total. The molecule has 0 saturated carbocycles. The van der Waals surface area contributed by atoms with Gasteiger partial charge in [0.15, 0.2) is 0 Å². The van der Waals surface area contributed by atoms with Crippen LogP contribution < -0.4 is 10.6 Å². The molecule has 0 aromatic carbocycles. The van der Waals surface area contributed by atoms with Gasteiger partial charge in [0.2, 0.25) is 5.91 Å². The number of nitrogens with zero attached hydrogens (tertiary/aromatic N) is 4. The van der Waals surface area contributed by atoms with Gasteiger partial charge < -0.3 is 10.6 Å². The quantitative estimate of drug-likeness (QED) is 0.796. The number of carbonyl (C=O) groups excluding carboxylic acids is 2. The maximum atomic E-state index is 12.6. The first-order valence-electron chi connectivity index (χ1n) is 7.78. The van der Waals surface area contributed by atoms with E-state index in [-0.39, 0.29) is 11.8 Å². The van der Waals surface area contributed by atoms with Crippen molar-refractivity contribution in [1.29, 1.82) is 0 Å². The third-order valence-electron chi connectivity index (χ3n) is 3.53. The number of nitrogens with one attached hydrogen (secondary N) is 2. The fraction of sp³-hybridized carbons (Fsp3) is 0.467. The zero-order chi connectivity index (χ0) is 17.7. The van der Waals surface area contributed by atoms with Gasteiger partial charge in [0.05, 0.1) is 23.1 Å². The summed E-state index contributed by atoms with van der Waals surface area (Å²) in [5.74, 6) is -0.558. The molecular weight excluding hydrogens is 332 g/mol. The second-order valence-electron chi connectivity index (χ2n) is 5.34. The Hall–Kier alpha value is -2.35. The maximum absolute atomic E-state index is 12.6. The number of hydrogen-bond donors (Lipinski definition) is 2. The normalized spacial score (nSPS) is 12.0. The second kappa shape index (κ2) is 7.96. The Bertz CT molecular complexity index is 723. The average molecular weight is 353 g/mol. The Morgan fingerprint density at radius 1 is 1.29 bits per heavy atom. The van der Waals surface area contributed by atoms with E-state index in [2.05, 4.69) is 20.8 Å². The lowest BCUT2D eigenvalue weighted by Gasteiger charge is -2.15. The summed E-state index contributed by atoms with van der Waals surface area (Å²) in [4.78, 5) is 24.8. The molecule has 2 aromatic rings. The zero-order valence-corrected chi connectivity index (χ0v) is 14.7. The van der Waals surface area contributed by atoms with Gasteiger partial charge in [-0.2, -0.15) is 10.2 Å². The zero-order valence-electron chi connectivity index (χ0n) is 13.9. The van der Waals surface area contributed by atoms with Crippen LogP contribution in [0.25, 0.3) is 0 Å². The van der Waals surface area contributed by atoms with E-state index in [1.54, 1.807) is 13.2 Å². The molecule has 2 aromatic heterocycles. The smallest absolute Gasteiger partial charge is 0.271 e. The molecule has 0 aliphatic rings. The molecule has 9 heteroatoms. The summed E-state index contributed by atoms with van der Waals surface area (Å²) in [7, 11) is 1.65. The molecule has 2 N–H and O–H groups in total. The molecule has 2 heterocycles.